The van der Waals surface area contributed by atoms with E-state index in [2.05, 4.69) is 5.32 Å². The Kier molecular flexibility index (Phi) is 4.63. The summed E-state index contributed by atoms with van der Waals surface area (Å²) in [6, 6.07) is -0.861. The van der Waals surface area contributed by atoms with Crippen LogP contribution in [0.25, 0.3) is 0 Å². The number of methoxy groups -OCH3 is 1. The molecule has 0 aromatic rings. The van der Waals surface area contributed by atoms with Crippen molar-refractivity contribution in [1.82, 2.24) is 5.32 Å². The van der Waals surface area contributed by atoms with Crippen LogP contribution in [0, 0.1) is 0 Å². The highest BCUT2D eigenvalue weighted by Crippen LogP contribution is 2.21. The molecule has 0 aromatic heterocycles. The van der Waals surface area contributed by atoms with Gasteiger partial charge in [-0.15, -0.1) is 0 Å². The van der Waals surface area contributed by atoms with E-state index >= 15 is 0 Å². The third kappa shape index (κ3) is 2.69. The Bertz CT molecular complexity index is 246. The summed E-state index contributed by atoms with van der Waals surface area (Å²) < 4.78 is 10.1. The summed E-state index contributed by atoms with van der Waals surface area (Å²) in [5.74, 6) is -0.371. The molecule has 94 valence electrons. The molecule has 1 aliphatic rings. The molecule has 0 spiro atoms. The van der Waals surface area contributed by atoms with Gasteiger partial charge in [0.1, 0.15) is 24.4 Å². The Balaban J connectivity index is 2.77. The second kappa shape index (κ2) is 5.55. The van der Waals surface area contributed by atoms with Crippen molar-refractivity contribution in [2.75, 3.05) is 13.7 Å². The first kappa shape index (κ1) is 13.3. The van der Waals surface area contributed by atoms with Gasteiger partial charge in [0.05, 0.1) is 6.61 Å². The van der Waals surface area contributed by atoms with Crippen molar-refractivity contribution in [2.24, 2.45) is 0 Å². The zero-order chi connectivity index (χ0) is 12.3. The molecule has 1 aliphatic heterocycles. The molecule has 7 heteroatoms. The molecule has 1 heterocycles. The third-order valence-electron chi connectivity index (χ3n) is 2.48. The molecule has 4 N–H and O–H groups in total. The number of carbonyl (C=O) groups is 1. The number of aliphatic hydroxyl groups excluding tert-OH is 3. The van der Waals surface area contributed by atoms with Crippen molar-refractivity contribution in [1.29, 1.82) is 0 Å². The number of hydrogen-bond acceptors (Lipinski definition) is 6. The lowest BCUT2D eigenvalue weighted by Crippen LogP contribution is -2.64. The molecule has 0 bridgehead atoms. The molecule has 1 rings (SSSR count). The Morgan fingerprint density at radius 1 is 1.44 bits per heavy atom. The van der Waals surface area contributed by atoms with E-state index in [-0.39, 0.29) is 5.91 Å². The van der Waals surface area contributed by atoms with Crippen molar-refractivity contribution in [3.8, 4) is 0 Å². The SMILES string of the molecule is CO[13C@@H]1O[C@H](CO)[C@@H](O)[C@H](O)[C@H]1NC(C)=O. The second-order valence-corrected chi connectivity index (χ2v) is 3.67. The van der Waals surface area contributed by atoms with Gasteiger partial charge in [0.15, 0.2) is 6.29 Å². The molecule has 0 radical (unpaired) electrons. The Hall–Kier alpha value is -0.730. The third-order valence-corrected chi connectivity index (χ3v) is 2.48. The Morgan fingerprint density at radius 3 is 2.50 bits per heavy atom. The van der Waals surface area contributed by atoms with Crippen LogP contribution in [0.5, 0.6) is 0 Å². The summed E-state index contributed by atoms with van der Waals surface area (Å²) in [4.78, 5) is 10.9. The molecule has 5 atom stereocenters. The van der Waals surface area contributed by atoms with Gasteiger partial charge in [0.2, 0.25) is 5.91 Å². The molecule has 1 fully saturated rings. The average molecular weight is 236 g/mol. The quantitative estimate of drug-likeness (QED) is 0.406. The first-order valence-corrected chi connectivity index (χ1v) is 4.93. The van der Waals surface area contributed by atoms with Crippen LogP contribution in [0.2, 0.25) is 0 Å². The van der Waals surface area contributed by atoms with Crippen molar-refractivity contribution in [3.05, 3.63) is 0 Å². The van der Waals surface area contributed by atoms with Gasteiger partial charge in [-0.1, -0.05) is 0 Å². The summed E-state index contributed by atoms with van der Waals surface area (Å²) in [5, 5.41) is 30.7. The average Bonchev–Trinajstić information content (AvgIpc) is 2.25. The Morgan fingerprint density at radius 2 is 2.06 bits per heavy atom. The first-order valence-electron chi connectivity index (χ1n) is 4.93. The Labute approximate surface area is 93.0 Å². The van der Waals surface area contributed by atoms with Crippen LogP contribution in [0.4, 0.5) is 0 Å². The summed E-state index contributed by atoms with van der Waals surface area (Å²) in [5.41, 5.74) is 0. The highest BCUT2D eigenvalue weighted by atomic mass is 16.8. The lowest BCUT2D eigenvalue weighted by atomic mass is 10.0. The van der Waals surface area contributed by atoms with Crippen LogP contribution in [0.15, 0.2) is 0 Å². The summed E-state index contributed by atoms with van der Waals surface area (Å²) in [7, 11) is 1.35. The summed E-state index contributed by atoms with van der Waals surface area (Å²) >= 11 is 0. The van der Waals surface area contributed by atoms with Crippen molar-refractivity contribution < 1.29 is 29.6 Å². The zero-order valence-corrected chi connectivity index (χ0v) is 9.16. The predicted octanol–water partition coefficient (Wildman–Crippen LogP) is -2.42. The predicted molar refractivity (Wildman–Crippen MR) is 52.4 cm³/mol. The minimum absolute atomic E-state index is 0.371. The fourth-order valence-electron chi connectivity index (χ4n) is 1.67. The first-order chi connectivity index (χ1) is 7.51. The van der Waals surface area contributed by atoms with E-state index in [4.69, 9.17) is 14.6 Å². The second-order valence-electron chi connectivity index (χ2n) is 3.67. The van der Waals surface area contributed by atoms with E-state index in [1.165, 1.54) is 14.0 Å². The fourth-order valence-corrected chi connectivity index (χ4v) is 1.67. The fraction of sp³-hybridized carbons (Fsp3) is 0.889. The van der Waals surface area contributed by atoms with E-state index in [9.17, 15) is 15.0 Å². The number of nitrogens with one attached hydrogen (secondary N) is 1. The lowest BCUT2D eigenvalue weighted by Gasteiger charge is -2.41. The van der Waals surface area contributed by atoms with Gasteiger partial charge in [-0.2, -0.15) is 0 Å². The molecule has 7 nitrogen and oxygen atoms in total. The van der Waals surface area contributed by atoms with Crippen molar-refractivity contribution >= 4 is 5.91 Å². The molecule has 1 saturated heterocycles. The van der Waals surface area contributed by atoms with E-state index in [0.717, 1.165) is 0 Å². The molecular formula is C9H17NO6. The summed E-state index contributed by atoms with van der Waals surface area (Å²) in [6.45, 7) is 0.842. The standard InChI is InChI=1S/C9H17NO6/c1-4(12)10-6-8(14)7(13)5(3-11)16-9(6)15-2/h5-9,11,13-14H,3H2,1-2H3,(H,10,12)/t5-,6-,7-,8-,9-/m1/s1/i9+1. The van der Waals surface area contributed by atoms with Crippen LogP contribution in [-0.4, -0.2) is 65.6 Å². The van der Waals surface area contributed by atoms with Crippen LogP contribution >= 0.6 is 0 Å². The van der Waals surface area contributed by atoms with Gasteiger partial charge in [-0.3, -0.25) is 4.79 Å². The zero-order valence-electron chi connectivity index (χ0n) is 9.16. The van der Waals surface area contributed by atoms with E-state index in [0.29, 0.717) is 0 Å². The molecule has 1 amide bonds. The highest BCUT2D eigenvalue weighted by Gasteiger charge is 2.44. The molecule has 0 unspecified atom stereocenters. The highest BCUT2D eigenvalue weighted by molar-refractivity contribution is 5.73. The van der Waals surface area contributed by atoms with Gasteiger partial charge in [0.25, 0.3) is 0 Å². The number of hydrogen-bond donors (Lipinski definition) is 4. The smallest absolute Gasteiger partial charge is 0.217 e. The van der Waals surface area contributed by atoms with Gasteiger partial charge in [0, 0.05) is 14.0 Å². The number of aliphatic hydroxyl groups is 3. The largest absolute Gasteiger partial charge is 0.394 e. The van der Waals surface area contributed by atoms with E-state index in [1.54, 1.807) is 0 Å². The van der Waals surface area contributed by atoms with Gasteiger partial charge < -0.3 is 30.1 Å². The normalized spacial score (nSPS) is 39.4. The lowest BCUT2D eigenvalue weighted by molar-refractivity contribution is -0.262. The maximum Gasteiger partial charge on any atom is 0.217 e. The molecule has 0 saturated carbocycles. The number of ether oxygens (including phenoxy) is 2. The monoisotopic (exact) mass is 236 g/mol. The minimum Gasteiger partial charge on any atom is -0.394 e. The van der Waals surface area contributed by atoms with Gasteiger partial charge >= 0.3 is 0 Å². The molecule has 0 aromatic carbocycles. The van der Waals surface area contributed by atoms with Crippen LogP contribution in [0.3, 0.4) is 0 Å². The topological polar surface area (TPSA) is 108 Å². The number of rotatable bonds is 3. The van der Waals surface area contributed by atoms with E-state index in [1.807, 2.05) is 0 Å². The minimum atomic E-state index is -1.27. The van der Waals surface area contributed by atoms with E-state index < -0.39 is 37.3 Å². The molecular weight excluding hydrogens is 219 g/mol. The van der Waals surface area contributed by atoms with Crippen LogP contribution < -0.4 is 5.32 Å². The maximum absolute atomic E-state index is 10.9. The number of amides is 1. The van der Waals surface area contributed by atoms with Gasteiger partial charge in [-0.25, -0.2) is 0 Å². The van der Waals surface area contributed by atoms with Crippen LogP contribution in [-0.2, 0) is 14.3 Å². The van der Waals surface area contributed by atoms with Crippen molar-refractivity contribution in [2.45, 2.75) is 37.6 Å². The van der Waals surface area contributed by atoms with Crippen molar-refractivity contribution in [3.63, 3.8) is 0 Å². The van der Waals surface area contributed by atoms with Gasteiger partial charge in [-0.05, 0) is 0 Å². The molecule has 16 heavy (non-hydrogen) atoms. The van der Waals surface area contributed by atoms with Crippen LogP contribution in [0.1, 0.15) is 6.92 Å². The summed E-state index contributed by atoms with van der Waals surface area (Å²) in [6.07, 6.45) is -4.35. The number of carbonyl (C=O) groups excluding carboxylic acids is 1. The maximum atomic E-state index is 10.9. The molecule has 0 aliphatic carbocycles.